The van der Waals surface area contributed by atoms with Gasteiger partial charge < -0.3 is 9.64 Å². The summed E-state index contributed by atoms with van der Waals surface area (Å²) in [6, 6.07) is 17.9. The van der Waals surface area contributed by atoms with Crippen LogP contribution in [0.1, 0.15) is 44.8 Å². The number of carbonyl (C=O) groups excluding carboxylic acids is 4. The van der Waals surface area contributed by atoms with E-state index < -0.39 is 29.8 Å². The number of benzene rings is 3. The first-order valence-corrected chi connectivity index (χ1v) is 13.0. The number of amides is 2. The van der Waals surface area contributed by atoms with Gasteiger partial charge in [0.05, 0.1) is 35.1 Å². The molecule has 38 heavy (non-hydrogen) atoms. The van der Waals surface area contributed by atoms with Gasteiger partial charge in [0.1, 0.15) is 11.8 Å². The number of halogens is 1. The Hall–Kier alpha value is -4.04. The summed E-state index contributed by atoms with van der Waals surface area (Å²) in [4.78, 5) is 56.8. The average molecular weight is 571 g/mol. The van der Waals surface area contributed by atoms with E-state index in [4.69, 9.17) is 4.74 Å². The monoisotopic (exact) mass is 570 g/mol. The predicted octanol–water partition coefficient (Wildman–Crippen LogP) is 5.06. The largest absolute Gasteiger partial charge is 0.496 e. The van der Waals surface area contributed by atoms with Crippen LogP contribution in [0.5, 0.6) is 5.75 Å². The third-order valence-corrected chi connectivity index (χ3v) is 8.32. The zero-order chi connectivity index (χ0) is 26.7. The van der Waals surface area contributed by atoms with Crippen LogP contribution in [0, 0.1) is 11.8 Å². The van der Waals surface area contributed by atoms with Crippen LogP contribution < -0.4 is 9.64 Å². The minimum atomic E-state index is -0.871. The molecule has 3 aliphatic heterocycles. The van der Waals surface area contributed by atoms with Crippen molar-refractivity contribution in [3.63, 3.8) is 0 Å². The van der Waals surface area contributed by atoms with Gasteiger partial charge in [0.25, 0.3) is 0 Å². The molecule has 0 unspecified atom stereocenters. The van der Waals surface area contributed by atoms with Crippen molar-refractivity contribution in [2.45, 2.75) is 19.0 Å². The number of rotatable bonds is 5. The van der Waals surface area contributed by atoms with Crippen molar-refractivity contribution in [1.29, 1.82) is 0 Å². The van der Waals surface area contributed by atoms with Crippen LogP contribution in [0.2, 0.25) is 0 Å². The molecule has 4 atom stereocenters. The van der Waals surface area contributed by atoms with Crippen LogP contribution in [0.15, 0.2) is 77.4 Å². The van der Waals surface area contributed by atoms with Crippen molar-refractivity contribution in [2.75, 3.05) is 12.0 Å². The van der Waals surface area contributed by atoms with Crippen molar-refractivity contribution < 1.29 is 23.9 Å². The summed E-state index contributed by atoms with van der Waals surface area (Å²) in [5.74, 6) is -2.14. The number of methoxy groups -OCH3 is 1. The number of fused-ring (bicyclic) bond motifs is 5. The smallest absolute Gasteiger partial charge is 0.240 e. The highest BCUT2D eigenvalue weighted by Crippen LogP contribution is 2.53. The summed E-state index contributed by atoms with van der Waals surface area (Å²) < 4.78 is 5.93. The maximum atomic E-state index is 14.1. The molecule has 0 saturated carbocycles. The molecule has 0 radical (unpaired) electrons. The maximum absolute atomic E-state index is 14.1. The van der Waals surface area contributed by atoms with Crippen LogP contribution in [-0.2, 0) is 9.59 Å². The molecule has 6 rings (SSSR count). The lowest BCUT2D eigenvalue weighted by atomic mass is 9.83. The van der Waals surface area contributed by atoms with Gasteiger partial charge in [-0.3, -0.25) is 19.2 Å². The molecule has 2 saturated heterocycles. The Morgan fingerprint density at radius 1 is 0.895 bits per heavy atom. The molecular formula is C30H23BrN2O5. The number of hydrogen-bond acceptors (Lipinski definition) is 6. The van der Waals surface area contributed by atoms with Crippen molar-refractivity contribution in [3.8, 4) is 5.75 Å². The predicted molar refractivity (Wildman–Crippen MR) is 145 cm³/mol. The number of imide groups is 1. The topological polar surface area (TPSA) is 84.0 Å². The van der Waals surface area contributed by atoms with Crippen LogP contribution in [0.4, 0.5) is 5.69 Å². The number of ketones is 2. The summed E-state index contributed by atoms with van der Waals surface area (Å²) in [6.45, 7) is 1.46. The average Bonchev–Trinajstić information content (AvgIpc) is 3.40. The fourth-order valence-electron chi connectivity index (χ4n) is 5.95. The second kappa shape index (κ2) is 9.06. The molecular weight excluding hydrogens is 548 g/mol. The van der Waals surface area contributed by atoms with E-state index in [1.165, 1.54) is 11.8 Å². The van der Waals surface area contributed by atoms with Gasteiger partial charge in [-0.05, 0) is 82.5 Å². The zero-order valence-electron chi connectivity index (χ0n) is 20.6. The lowest BCUT2D eigenvalue weighted by Gasteiger charge is -2.35. The standard InChI is InChI=1S/C30H23BrN2O5/c1-16(34)17-7-10-20(11-8-17)33-29(36)24-25(30(33)37)27(28(35)19-9-12-23(38-2)22(31)15-19)32-14-13-18-5-3-4-6-21(18)26(24)32/h3-15,24-27H,1-2H3/t24-,25+,26+,27-/m0/s1. The van der Waals surface area contributed by atoms with Crippen LogP contribution in [-0.4, -0.2) is 41.4 Å². The van der Waals surface area contributed by atoms with Crippen molar-refractivity contribution >= 4 is 51.1 Å². The fourth-order valence-corrected chi connectivity index (χ4v) is 6.49. The molecule has 0 bridgehead atoms. The van der Waals surface area contributed by atoms with Crippen LogP contribution in [0.25, 0.3) is 6.08 Å². The summed E-state index contributed by atoms with van der Waals surface area (Å²) in [5.41, 5.74) is 3.16. The van der Waals surface area contributed by atoms with Gasteiger partial charge in [-0.15, -0.1) is 0 Å². The molecule has 3 aromatic carbocycles. The lowest BCUT2D eigenvalue weighted by molar-refractivity contribution is -0.123. The van der Waals surface area contributed by atoms with Crippen molar-refractivity contribution in [3.05, 3.63) is 99.7 Å². The van der Waals surface area contributed by atoms with E-state index in [-0.39, 0.29) is 17.5 Å². The fraction of sp³-hybridized carbons (Fsp3) is 0.200. The van der Waals surface area contributed by atoms with E-state index in [1.54, 1.807) is 49.6 Å². The number of anilines is 1. The molecule has 2 amide bonds. The number of nitrogens with zero attached hydrogens (tertiary/aromatic N) is 2. The Balaban J connectivity index is 1.46. The van der Waals surface area contributed by atoms with E-state index in [0.717, 1.165) is 11.1 Å². The molecule has 0 aromatic heterocycles. The third kappa shape index (κ3) is 3.55. The van der Waals surface area contributed by atoms with Gasteiger partial charge in [-0.2, -0.15) is 0 Å². The Bertz CT molecular complexity index is 1550. The van der Waals surface area contributed by atoms with E-state index in [1.807, 2.05) is 41.4 Å². The molecule has 7 nitrogen and oxygen atoms in total. The van der Waals surface area contributed by atoms with Crippen LogP contribution >= 0.6 is 15.9 Å². The first-order valence-electron chi connectivity index (χ1n) is 12.2. The van der Waals surface area contributed by atoms with Gasteiger partial charge in [-0.1, -0.05) is 24.3 Å². The third-order valence-electron chi connectivity index (χ3n) is 7.70. The summed E-state index contributed by atoms with van der Waals surface area (Å²) >= 11 is 3.45. The highest BCUT2D eigenvalue weighted by molar-refractivity contribution is 9.10. The van der Waals surface area contributed by atoms with E-state index in [9.17, 15) is 19.2 Å². The molecule has 8 heteroatoms. The van der Waals surface area contributed by atoms with E-state index in [0.29, 0.717) is 27.0 Å². The number of Topliss-reactive ketones (excluding diaryl/α,β-unsaturated/α-hetero) is 2. The highest BCUT2D eigenvalue weighted by atomic mass is 79.9. The van der Waals surface area contributed by atoms with Crippen molar-refractivity contribution in [1.82, 2.24) is 4.90 Å². The van der Waals surface area contributed by atoms with Gasteiger partial charge in [0, 0.05) is 17.3 Å². The molecule has 0 spiro atoms. The first kappa shape index (κ1) is 24.3. The second-order valence-electron chi connectivity index (χ2n) is 9.66. The molecule has 3 aliphatic rings. The number of carbonyl (C=O) groups is 4. The second-order valence-corrected chi connectivity index (χ2v) is 10.5. The molecule has 3 aromatic rings. The molecule has 190 valence electrons. The molecule has 0 N–H and O–H groups in total. The zero-order valence-corrected chi connectivity index (χ0v) is 22.2. The van der Waals surface area contributed by atoms with E-state index >= 15 is 0 Å². The first-order chi connectivity index (χ1) is 18.3. The minimum absolute atomic E-state index is 0.106. The molecule has 0 aliphatic carbocycles. The number of ether oxygens (including phenoxy) is 1. The van der Waals surface area contributed by atoms with Crippen LogP contribution in [0.3, 0.4) is 0 Å². The van der Waals surface area contributed by atoms with E-state index in [2.05, 4.69) is 15.9 Å². The Morgan fingerprint density at radius 2 is 1.58 bits per heavy atom. The number of hydrogen-bond donors (Lipinski definition) is 0. The highest BCUT2D eigenvalue weighted by Gasteiger charge is 2.64. The summed E-state index contributed by atoms with van der Waals surface area (Å²) in [6.07, 6.45) is 3.75. The molecule has 3 heterocycles. The Kier molecular flexibility index (Phi) is 5.79. The van der Waals surface area contributed by atoms with Gasteiger partial charge >= 0.3 is 0 Å². The molecule has 2 fully saturated rings. The van der Waals surface area contributed by atoms with Gasteiger partial charge in [0.15, 0.2) is 11.6 Å². The van der Waals surface area contributed by atoms with Gasteiger partial charge in [0.2, 0.25) is 11.8 Å². The lowest BCUT2D eigenvalue weighted by Crippen LogP contribution is -2.44. The maximum Gasteiger partial charge on any atom is 0.240 e. The van der Waals surface area contributed by atoms with Gasteiger partial charge in [-0.25, -0.2) is 4.90 Å². The quantitative estimate of drug-likeness (QED) is 0.315. The normalized spacial score (nSPS) is 23.2. The van der Waals surface area contributed by atoms with Crippen molar-refractivity contribution in [2.24, 2.45) is 11.8 Å². The summed E-state index contributed by atoms with van der Waals surface area (Å²) in [7, 11) is 1.55. The summed E-state index contributed by atoms with van der Waals surface area (Å²) in [5, 5.41) is 0. The SMILES string of the molecule is COc1ccc(C(=O)[C@@H]2[C@@H]3C(=O)N(c4ccc(C(C)=O)cc4)C(=O)[C@@H]3[C@H]3c4ccccc4C=CN23)cc1Br. The Morgan fingerprint density at radius 3 is 2.26 bits per heavy atom. The minimum Gasteiger partial charge on any atom is -0.496 e. The Labute approximate surface area is 227 Å².